The molecular formula is C24H28N4O2. The smallest absolute Gasteiger partial charge is 0.225 e. The minimum absolute atomic E-state index is 0.309. The number of hydrogen-bond donors (Lipinski definition) is 0. The van der Waals surface area contributed by atoms with Crippen molar-refractivity contribution >= 4 is 16.9 Å². The summed E-state index contributed by atoms with van der Waals surface area (Å²) >= 11 is 0. The number of amides is 1. The Morgan fingerprint density at radius 2 is 1.83 bits per heavy atom. The summed E-state index contributed by atoms with van der Waals surface area (Å²) in [5, 5.41) is 0. The highest BCUT2D eigenvalue weighted by molar-refractivity contribution is 5.81. The Labute approximate surface area is 177 Å². The van der Waals surface area contributed by atoms with Crippen molar-refractivity contribution in [3.05, 3.63) is 59.9 Å². The fourth-order valence-corrected chi connectivity index (χ4v) is 4.29. The van der Waals surface area contributed by atoms with Gasteiger partial charge in [0.05, 0.1) is 24.7 Å². The largest absolute Gasteiger partial charge is 0.497 e. The Hall–Kier alpha value is -2.86. The quantitative estimate of drug-likeness (QED) is 0.633. The number of methoxy groups -OCH3 is 1. The first kappa shape index (κ1) is 19.1. The number of carbonyl (C=O) groups is 1. The van der Waals surface area contributed by atoms with Gasteiger partial charge in [-0.05, 0) is 42.7 Å². The Morgan fingerprint density at radius 3 is 2.60 bits per heavy atom. The van der Waals surface area contributed by atoms with Crippen LogP contribution in [0.4, 0.5) is 0 Å². The molecule has 1 saturated heterocycles. The maximum absolute atomic E-state index is 12.3. The van der Waals surface area contributed by atoms with Crippen molar-refractivity contribution in [2.75, 3.05) is 33.3 Å². The van der Waals surface area contributed by atoms with E-state index in [4.69, 9.17) is 9.72 Å². The molecule has 2 aliphatic rings. The van der Waals surface area contributed by atoms with E-state index in [0.717, 1.165) is 74.7 Å². The Morgan fingerprint density at radius 1 is 1.03 bits per heavy atom. The highest BCUT2D eigenvalue weighted by Crippen LogP contribution is 2.31. The number of piperazine rings is 1. The molecule has 0 bridgehead atoms. The topological polar surface area (TPSA) is 50.6 Å². The van der Waals surface area contributed by atoms with Gasteiger partial charge in [0.2, 0.25) is 5.91 Å². The third-order valence-electron chi connectivity index (χ3n) is 6.18. The molecule has 6 heteroatoms. The molecule has 0 spiro atoms. The molecule has 156 valence electrons. The van der Waals surface area contributed by atoms with E-state index in [1.165, 1.54) is 5.56 Å². The highest BCUT2D eigenvalue weighted by Gasteiger charge is 2.34. The Balaban J connectivity index is 1.35. The Kier molecular flexibility index (Phi) is 5.17. The zero-order valence-corrected chi connectivity index (χ0v) is 17.5. The fraction of sp³-hybridized carbons (Fsp3) is 0.417. The van der Waals surface area contributed by atoms with E-state index >= 15 is 0 Å². The summed E-state index contributed by atoms with van der Waals surface area (Å²) in [7, 11) is 1.70. The minimum atomic E-state index is 0.309. The number of ether oxygens (including phenoxy) is 1. The molecule has 1 amide bonds. The molecule has 1 saturated carbocycles. The Bertz CT molecular complexity index is 1050. The first-order valence-corrected chi connectivity index (χ1v) is 10.8. The van der Waals surface area contributed by atoms with E-state index in [2.05, 4.69) is 39.8 Å². The van der Waals surface area contributed by atoms with Crippen LogP contribution in [0.15, 0.2) is 48.5 Å². The van der Waals surface area contributed by atoms with E-state index in [-0.39, 0.29) is 0 Å². The number of fused-ring (bicyclic) bond motifs is 1. The molecule has 1 aliphatic carbocycles. The normalized spacial score (nSPS) is 17.4. The summed E-state index contributed by atoms with van der Waals surface area (Å²) in [6.07, 6.45) is 2.15. The lowest BCUT2D eigenvalue weighted by molar-refractivity contribution is -0.134. The number of para-hydroxylation sites is 2. The molecule has 0 atom stereocenters. The lowest BCUT2D eigenvalue weighted by Gasteiger charge is -2.34. The van der Waals surface area contributed by atoms with E-state index in [1.54, 1.807) is 7.11 Å². The van der Waals surface area contributed by atoms with Crippen LogP contribution in [0.2, 0.25) is 0 Å². The summed E-state index contributed by atoms with van der Waals surface area (Å²) < 4.78 is 7.71. The summed E-state index contributed by atoms with van der Waals surface area (Å²) in [5.74, 6) is 2.61. The van der Waals surface area contributed by atoms with Crippen LogP contribution in [0.1, 0.15) is 24.2 Å². The number of rotatable bonds is 6. The zero-order valence-electron chi connectivity index (χ0n) is 17.5. The minimum Gasteiger partial charge on any atom is -0.497 e. The number of hydrogen-bond acceptors (Lipinski definition) is 4. The van der Waals surface area contributed by atoms with Gasteiger partial charge >= 0.3 is 0 Å². The second-order valence-corrected chi connectivity index (χ2v) is 8.33. The van der Waals surface area contributed by atoms with Crippen molar-refractivity contribution in [2.45, 2.75) is 25.9 Å². The van der Waals surface area contributed by atoms with Crippen molar-refractivity contribution in [1.29, 1.82) is 0 Å². The van der Waals surface area contributed by atoms with E-state index in [9.17, 15) is 4.79 Å². The lowest BCUT2D eigenvalue weighted by atomic mass is 10.2. The average molecular weight is 405 g/mol. The van der Waals surface area contributed by atoms with Crippen molar-refractivity contribution in [2.24, 2.45) is 5.92 Å². The van der Waals surface area contributed by atoms with Gasteiger partial charge in [-0.1, -0.05) is 24.3 Å². The van der Waals surface area contributed by atoms with Crippen molar-refractivity contribution in [3.63, 3.8) is 0 Å². The van der Waals surface area contributed by atoms with Crippen molar-refractivity contribution in [3.8, 4) is 5.75 Å². The van der Waals surface area contributed by atoms with Gasteiger partial charge < -0.3 is 14.2 Å². The van der Waals surface area contributed by atoms with Crippen LogP contribution in [0.3, 0.4) is 0 Å². The summed E-state index contributed by atoms with van der Waals surface area (Å²) in [6.45, 7) is 5.01. The molecule has 0 unspecified atom stereocenters. The molecule has 2 heterocycles. The van der Waals surface area contributed by atoms with Crippen LogP contribution in [0.25, 0.3) is 11.0 Å². The van der Waals surface area contributed by atoms with Gasteiger partial charge in [0.1, 0.15) is 11.6 Å². The number of benzene rings is 2. The van der Waals surface area contributed by atoms with Gasteiger partial charge in [-0.15, -0.1) is 0 Å². The van der Waals surface area contributed by atoms with Gasteiger partial charge in [0, 0.05) is 38.6 Å². The molecule has 0 N–H and O–H groups in total. The predicted molar refractivity (Wildman–Crippen MR) is 116 cm³/mol. The average Bonchev–Trinajstić information content (AvgIpc) is 3.58. The zero-order chi connectivity index (χ0) is 20.5. The molecule has 0 radical (unpaired) electrons. The van der Waals surface area contributed by atoms with Crippen molar-refractivity contribution < 1.29 is 9.53 Å². The first-order chi connectivity index (χ1) is 14.7. The highest BCUT2D eigenvalue weighted by atomic mass is 16.5. The number of carbonyl (C=O) groups excluding carboxylic acids is 1. The summed E-state index contributed by atoms with van der Waals surface area (Å²) in [5.41, 5.74) is 3.37. The second kappa shape index (κ2) is 8.11. The molecule has 2 fully saturated rings. The second-order valence-electron chi connectivity index (χ2n) is 8.33. The van der Waals surface area contributed by atoms with Gasteiger partial charge in [-0.25, -0.2) is 4.98 Å². The number of nitrogens with zero attached hydrogens (tertiary/aromatic N) is 4. The third kappa shape index (κ3) is 3.92. The predicted octanol–water partition coefficient (Wildman–Crippen LogP) is 3.15. The fourth-order valence-electron chi connectivity index (χ4n) is 4.29. The summed E-state index contributed by atoms with van der Waals surface area (Å²) in [4.78, 5) is 21.7. The van der Waals surface area contributed by atoms with Crippen LogP contribution >= 0.6 is 0 Å². The molecular weight excluding hydrogens is 376 g/mol. The van der Waals surface area contributed by atoms with Crippen LogP contribution < -0.4 is 4.74 Å². The SMILES string of the molecule is COc1cccc(Cn2c(CN3CCN(C(=O)C4CC4)CC3)nc3ccccc32)c1. The standard InChI is InChI=1S/C24H28N4O2/c1-30-20-6-4-5-18(15-20)16-28-22-8-3-2-7-21(22)25-23(28)17-26-11-13-27(14-12-26)24(29)19-9-10-19/h2-8,15,19H,9-14,16-17H2,1H3. The maximum Gasteiger partial charge on any atom is 0.225 e. The molecule has 2 aromatic carbocycles. The molecule has 1 aliphatic heterocycles. The van der Waals surface area contributed by atoms with Crippen LogP contribution in [-0.4, -0.2) is 58.5 Å². The number of imidazole rings is 1. The lowest BCUT2D eigenvalue weighted by Crippen LogP contribution is -2.49. The van der Waals surface area contributed by atoms with Crippen molar-refractivity contribution in [1.82, 2.24) is 19.4 Å². The maximum atomic E-state index is 12.3. The first-order valence-electron chi connectivity index (χ1n) is 10.8. The van der Waals surface area contributed by atoms with Crippen LogP contribution in [-0.2, 0) is 17.9 Å². The van der Waals surface area contributed by atoms with E-state index in [0.29, 0.717) is 11.8 Å². The van der Waals surface area contributed by atoms with E-state index in [1.807, 2.05) is 23.1 Å². The van der Waals surface area contributed by atoms with E-state index < -0.39 is 0 Å². The number of aromatic nitrogens is 2. The van der Waals surface area contributed by atoms with Crippen LogP contribution in [0.5, 0.6) is 5.75 Å². The van der Waals surface area contributed by atoms with Gasteiger partial charge in [0.25, 0.3) is 0 Å². The monoisotopic (exact) mass is 404 g/mol. The van der Waals surface area contributed by atoms with Gasteiger partial charge in [-0.3, -0.25) is 9.69 Å². The molecule has 5 rings (SSSR count). The molecule has 6 nitrogen and oxygen atoms in total. The van der Waals surface area contributed by atoms with Crippen LogP contribution in [0, 0.1) is 5.92 Å². The third-order valence-corrected chi connectivity index (χ3v) is 6.18. The summed E-state index contributed by atoms with van der Waals surface area (Å²) in [6, 6.07) is 16.5. The molecule has 30 heavy (non-hydrogen) atoms. The molecule has 1 aromatic heterocycles. The van der Waals surface area contributed by atoms with Gasteiger partial charge in [0.15, 0.2) is 0 Å². The molecule has 3 aromatic rings. The van der Waals surface area contributed by atoms with Gasteiger partial charge in [-0.2, -0.15) is 0 Å².